The van der Waals surface area contributed by atoms with Gasteiger partial charge in [-0.2, -0.15) is 4.98 Å². The molecule has 0 saturated carbocycles. The predicted molar refractivity (Wildman–Crippen MR) is 121 cm³/mol. The number of anilines is 1. The number of pyridine rings is 1. The molecule has 3 heterocycles. The molecule has 3 rings (SSSR count). The molecule has 0 bridgehead atoms. The molecule has 1 aliphatic heterocycles. The number of rotatable bonds is 6. The molecule has 2 aromatic rings. The van der Waals surface area contributed by atoms with E-state index in [0.717, 1.165) is 43.5 Å². The number of nitrogens with one attached hydrogen (secondary N) is 2. The van der Waals surface area contributed by atoms with E-state index >= 15 is 0 Å². The van der Waals surface area contributed by atoms with E-state index in [-0.39, 0.29) is 29.9 Å². The van der Waals surface area contributed by atoms with Crippen molar-refractivity contribution in [1.29, 1.82) is 0 Å². The van der Waals surface area contributed by atoms with Gasteiger partial charge in [-0.1, -0.05) is 25.1 Å². The topological polar surface area (TPSA) is 91.5 Å². The first kappa shape index (κ1) is 22.4. The quantitative estimate of drug-likeness (QED) is 0.359. The van der Waals surface area contributed by atoms with E-state index < -0.39 is 0 Å². The van der Waals surface area contributed by atoms with Crippen LogP contribution in [0.3, 0.4) is 0 Å². The molecule has 1 fully saturated rings. The van der Waals surface area contributed by atoms with Crippen molar-refractivity contribution in [2.45, 2.75) is 45.1 Å². The molecular weight excluding hydrogens is 469 g/mol. The van der Waals surface area contributed by atoms with Crippen LogP contribution in [-0.2, 0) is 6.42 Å². The molecule has 0 atom stereocenters. The summed E-state index contributed by atoms with van der Waals surface area (Å²) in [5, 5.41) is 10.8. The van der Waals surface area contributed by atoms with Crippen molar-refractivity contribution < 1.29 is 4.52 Å². The summed E-state index contributed by atoms with van der Waals surface area (Å²) in [6.07, 6.45) is 4.63. The van der Waals surface area contributed by atoms with Crippen molar-refractivity contribution in [3.05, 3.63) is 36.1 Å². The molecule has 1 saturated heterocycles. The van der Waals surface area contributed by atoms with Crippen molar-refractivity contribution >= 4 is 35.8 Å². The second-order valence-electron chi connectivity index (χ2n) is 7.04. The molecule has 2 N–H and O–H groups in total. The zero-order chi connectivity index (χ0) is 19.1. The van der Waals surface area contributed by atoms with Gasteiger partial charge in [-0.3, -0.25) is 4.99 Å². The Balaban J connectivity index is 0.00000280. The number of aliphatic imine (C=N–C) groups is 1. The first-order valence-electron chi connectivity index (χ1n) is 9.61. The number of hydrogen-bond acceptors (Lipinski definition) is 6. The maximum absolute atomic E-state index is 5.27. The standard InChI is InChI=1S/C19H29N7O.HI/c1-14(2)18-24-17(27-25-18)7-11-22-19(20-3)23-15-8-12-26(13-9-15)16-6-4-5-10-21-16;/h4-6,10,14-15H,7-9,11-13H2,1-3H3,(H2,20,22,23);1H. The lowest BCUT2D eigenvalue weighted by molar-refractivity contribution is 0.371. The van der Waals surface area contributed by atoms with Crippen LogP contribution in [0.2, 0.25) is 0 Å². The minimum absolute atomic E-state index is 0. The summed E-state index contributed by atoms with van der Waals surface area (Å²) in [7, 11) is 1.79. The minimum Gasteiger partial charge on any atom is -0.356 e. The van der Waals surface area contributed by atoms with Crippen LogP contribution in [0.5, 0.6) is 0 Å². The molecule has 2 aromatic heterocycles. The van der Waals surface area contributed by atoms with Crippen LogP contribution in [0.4, 0.5) is 5.82 Å². The highest BCUT2D eigenvalue weighted by atomic mass is 127. The van der Waals surface area contributed by atoms with Gasteiger partial charge in [-0.15, -0.1) is 24.0 Å². The monoisotopic (exact) mass is 499 g/mol. The highest BCUT2D eigenvalue weighted by molar-refractivity contribution is 14.0. The van der Waals surface area contributed by atoms with E-state index in [1.165, 1.54) is 0 Å². The van der Waals surface area contributed by atoms with Crippen molar-refractivity contribution in [3.63, 3.8) is 0 Å². The fraction of sp³-hybridized carbons (Fsp3) is 0.579. The van der Waals surface area contributed by atoms with E-state index in [1.807, 2.05) is 18.3 Å². The molecule has 0 aliphatic carbocycles. The van der Waals surface area contributed by atoms with Gasteiger partial charge < -0.3 is 20.1 Å². The Kier molecular flexibility index (Phi) is 8.94. The Hall–Kier alpha value is -1.91. The van der Waals surface area contributed by atoms with Gasteiger partial charge in [-0.25, -0.2) is 4.98 Å². The number of hydrogen-bond donors (Lipinski definition) is 2. The van der Waals surface area contributed by atoms with E-state index in [0.29, 0.717) is 24.9 Å². The molecule has 154 valence electrons. The maximum atomic E-state index is 5.27. The fourth-order valence-corrected chi connectivity index (χ4v) is 3.07. The van der Waals surface area contributed by atoms with Gasteiger partial charge in [-0.05, 0) is 25.0 Å². The third kappa shape index (κ3) is 6.32. The van der Waals surface area contributed by atoms with Crippen molar-refractivity contribution in [3.8, 4) is 0 Å². The SMILES string of the molecule is CN=C(NCCc1nc(C(C)C)no1)NC1CCN(c2ccccn2)CC1.I. The Morgan fingerprint density at radius 3 is 2.71 bits per heavy atom. The lowest BCUT2D eigenvalue weighted by Crippen LogP contribution is -2.49. The van der Waals surface area contributed by atoms with E-state index in [4.69, 9.17) is 4.52 Å². The largest absolute Gasteiger partial charge is 0.356 e. The number of guanidine groups is 1. The smallest absolute Gasteiger partial charge is 0.228 e. The first-order valence-corrected chi connectivity index (χ1v) is 9.61. The zero-order valence-electron chi connectivity index (χ0n) is 16.8. The summed E-state index contributed by atoms with van der Waals surface area (Å²) in [5.41, 5.74) is 0. The number of piperidine rings is 1. The van der Waals surface area contributed by atoms with E-state index in [9.17, 15) is 0 Å². The summed E-state index contributed by atoms with van der Waals surface area (Å²) in [5.74, 6) is 3.56. The molecule has 8 nitrogen and oxygen atoms in total. The maximum Gasteiger partial charge on any atom is 0.228 e. The van der Waals surface area contributed by atoms with Crippen LogP contribution in [0.25, 0.3) is 0 Å². The second-order valence-corrected chi connectivity index (χ2v) is 7.04. The van der Waals surface area contributed by atoms with Crippen LogP contribution in [0, 0.1) is 0 Å². The Morgan fingerprint density at radius 2 is 2.11 bits per heavy atom. The fourth-order valence-electron chi connectivity index (χ4n) is 3.07. The van der Waals surface area contributed by atoms with Crippen LogP contribution < -0.4 is 15.5 Å². The summed E-state index contributed by atoms with van der Waals surface area (Å²) in [6.45, 7) is 6.79. The third-order valence-electron chi connectivity index (χ3n) is 4.66. The molecule has 0 aromatic carbocycles. The van der Waals surface area contributed by atoms with E-state index in [1.54, 1.807) is 7.05 Å². The lowest BCUT2D eigenvalue weighted by atomic mass is 10.1. The Bertz CT molecular complexity index is 727. The van der Waals surface area contributed by atoms with Gasteiger partial charge in [0, 0.05) is 51.3 Å². The Labute approximate surface area is 183 Å². The van der Waals surface area contributed by atoms with Gasteiger partial charge in [0.05, 0.1) is 0 Å². The average molecular weight is 499 g/mol. The van der Waals surface area contributed by atoms with Crippen LogP contribution in [-0.4, -0.2) is 53.8 Å². The molecule has 0 spiro atoms. The predicted octanol–water partition coefficient (Wildman–Crippen LogP) is 2.58. The summed E-state index contributed by atoms with van der Waals surface area (Å²) in [4.78, 5) is 15.5. The summed E-state index contributed by atoms with van der Waals surface area (Å²) >= 11 is 0. The molecule has 28 heavy (non-hydrogen) atoms. The van der Waals surface area contributed by atoms with Crippen molar-refractivity contribution in [2.24, 2.45) is 4.99 Å². The van der Waals surface area contributed by atoms with Gasteiger partial charge in [0.25, 0.3) is 0 Å². The highest BCUT2D eigenvalue weighted by Crippen LogP contribution is 2.17. The molecule has 0 unspecified atom stereocenters. The molecular formula is C19H30IN7O. The third-order valence-corrected chi connectivity index (χ3v) is 4.66. The Morgan fingerprint density at radius 1 is 1.32 bits per heavy atom. The van der Waals surface area contributed by atoms with Crippen molar-refractivity contribution in [1.82, 2.24) is 25.8 Å². The van der Waals surface area contributed by atoms with Gasteiger partial charge in [0.2, 0.25) is 5.89 Å². The van der Waals surface area contributed by atoms with Crippen LogP contribution in [0.15, 0.2) is 33.9 Å². The van der Waals surface area contributed by atoms with Gasteiger partial charge in [0.15, 0.2) is 11.8 Å². The normalized spacial score (nSPS) is 15.4. The number of halogens is 1. The highest BCUT2D eigenvalue weighted by Gasteiger charge is 2.20. The van der Waals surface area contributed by atoms with Crippen molar-refractivity contribution in [2.75, 3.05) is 31.6 Å². The average Bonchev–Trinajstić information content (AvgIpc) is 3.18. The minimum atomic E-state index is 0. The van der Waals surface area contributed by atoms with Crippen LogP contribution in [0.1, 0.15) is 44.3 Å². The van der Waals surface area contributed by atoms with Crippen LogP contribution >= 0.6 is 24.0 Å². The summed E-state index contributed by atoms with van der Waals surface area (Å²) in [6, 6.07) is 6.46. The summed E-state index contributed by atoms with van der Waals surface area (Å²) < 4.78 is 5.27. The van der Waals surface area contributed by atoms with E-state index in [2.05, 4.69) is 55.6 Å². The molecule has 0 amide bonds. The van der Waals surface area contributed by atoms with Gasteiger partial charge >= 0.3 is 0 Å². The lowest BCUT2D eigenvalue weighted by Gasteiger charge is -2.33. The number of aromatic nitrogens is 3. The first-order chi connectivity index (χ1) is 13.2. The van der Waals surface area contributed by atoms with Gasteiger partial charge in [0.1, 0.15) is 5.82 Å². The molecule has 9 heteroatoms. The second kappa shape index (κ2) is 11.2. The zero-order valence-corrected chi connectivity index (χ0v) is 19.1. The molecule has 1 aliphatic rings. The number of nitrogens with zero attached hydrogens (tertiary/aromatic N) is 5. The molecule has 0 radical (unpaired) electrons.